The number of rotatable bonds is 3. The van der Waals surface area contributed by atoms with Gasteiger partial charge in [0.05, 0.1) is 0 Å². The Hall–Kier alpha value is -2.77. The second kappa shape index (κ2) is 5.31. The van der Waals surface area contributed by atoms with Gasteiger partial charge in [0.15, 0.2) is 0 Å². The molecule has 110 valence electrons. The van der Waals surface area contributed by atoms with Gasteiger partial charge in [0.1, 0.15) is 11.3 Å². The first-order valence-corrected chi connectivity index (χ1v) is 5.59. The van der Waals surface area contributed by atoms with E-state index in [4.69, 9.17) is 5.11 Å². The Morgan fingerprint density at radius 2 is 1.76 bits per heavy atom. The summed E-state index contributed by atoms with van der Waals surface area (Å²) in [5.41, 5.74) is -1.000. The summed E-state index contributed by atoms with van der Waals surface area (Å²) in [4.78, 5) is 22.8. The highest BCUT2D eigenvalue weighted by Gasteiger charge is 2.30. The maximum absolute atomic E-state index is 12.0. The first kappa shape index (κ1) is 14.6. The van der Waals surface area contributed by atoms with Gasteiger partial charge in [-0.2, -0.15) is 0 Å². The molecule has 0 aliphatic carbocycles. The van der Waals surface area contributed by atoms with E-state index in [9.17, 15) is 22.8 Å². The van der Waals surface area contributed by atoms with Crippen LogP contribution in [-0.2, 0) is 0 Å². The van der Waals surface area contributed by atoms with E-state index in [0.29, 0.717) is 0 Å². The lowest BCUT2D eigenvalue weighted by Gasteiger charge is -2.10. The van der Waals surface area contributed by atoms with Crippen molar-refractivity contribution in [3.05, 3.63) is 58.5 Å². The summed E-state index contributed by atoms with van der Waals surface area (Å²) >= 11 is 0. The minimum absolute atomic E-state index is 0.220. The van der Waals surface area contributed by atoms with Crippen LogP contribution in [0.15, 0.2) is 47.4 Å². The fourth-order valence-electron chi connectivity index (χ4n) is 1.67. The van der Waals surface area contributed by atoms with E-state index in [1.54, 1.807) is 0 Å². The Morgan fingerprint density at radius 3 is 2.29 bits per heavy atom. The van der Waals surface area contributed by atoms with Crippen LogP contribution in [0, 0.1) is 0 Å². The number of alkyl halides is 3. The van der Waals surface area contributed by atoms with Gasteiger partial charge in [-0.3, -0.25) is 9.36 Å². The van der Waals surface area contributed by atoms with Crippen molar-refractivity contribution in [2.45, 2.75) is 6.36 Å². The summed E-state index contributed by atoms with van der Waals surface area (Å²) in [6, 6.07) is 6.99. The topological polar surface area (TPSA) is 68.5 Å². The molecule has 0 aliphatic rings. The molecule has 5 nitrogen and oxygen atoms in total. The molecule has 8 heteroatoms. The number of pyridine rings is 1. The van der Waals surface area contributed by atoms with Crippen LogP contribution in [-0.4, -0.2) is 22.0 Å². The highest BCUT2D eigenvalue weighted by molar-refractivity contribution is 5.87. The third-order valence-electron chi connectivity index (χ3n) is 2.53. The van der Waals surface area contributed by atoms with Crippen molar-refractivity contribution < 1.29 is 27.8 Å². The van der Waals surface area contributed by atoms with Crippen LogP contribution < -0.4 is 10.3 Å². The molecule has 0 spiro atoms. The average Bonchev–Trinajstić information content (AvgIpc) is 2.38. The van der Waals surface area contributed by atoms with E-state index in [0.717, 1.165) is 22.8 Å². The van der Waals surface area contributed by atoms with E-state index in [-0.39, 0.29) is 5.69 Å². The molecule has 0 bridgehead atoms. The molecule has 0 atom stereocenters. The SMILES string of the molecule is O=C(O)c1cccn(-c2ccc(OC(F)(F)F)cc2)c1=O. The van der Waals surface area contributed by atoms with Crippen LogP contribution in [0.2, 0.25) is 0 Å². The van der Waals surface area contributed by atoms with Gasteiger partial charge in [-0.25, -0.2) is 4.79 Å². The smallest absolute Gasteiger partial charge is 0.477 e. The van der Waals surface area contributed by atoms with Crippen LogP contribution in [0.5, 0.6) is 5.75 Å². The van der Waals surface area contributed by atoms with Gasteiger partial charge >= 0.3 is 12.3 Å². The number of ether oxygens (including phenoxy) is 1. The second-order valence-electron chi connectivity index (χ2n) is 3.94. The van der Waals surface area contributed by atoms with Crippen LogP contribution >= 0.6 is 0 Å². The van der Waals surface area contributed by atoms with Crippen molar-refractivity contribution in [3.63, 3.8) is 0 Å². The molecular formula is C13H8F3NO4. The lowest BCUT2D eigenvalue weighted by molar-refractivity contribution is -0.274. The molecule has 0 saturated carbocycles. The van der Waals surface area contributed by atoms with Crippen LogP contribution in [0.25, 0.3) is 5.69 Å². The van der Waals surface area contributed by atoms with Crippen molar-refractivity contribution in [2.24, 2.45) is 0 Å². The molecule has 21 heavy (non-hydrogen) atoms. The van der Waals surface area contributed by atoms with Crippen molar-refractivity contribution in [1.82, 2.24) is 4.57 Å². The van der Waals surface area contributed by atoms with Crippen molar-refractivity contribution in [1.29, 1.82) is 0 Å². The van der Waals surface area contributed by atoms with Gasteiger partial charge in [0.25, 0.3) is 5.56 Å². The molecule has 0 unspecified atom stereocenters. The van der Waals surface area contributed by atoms with Crippen LogP contribution in [0.4, 0.5) is 13.2 Å². The standard InChI is InChI=1S/C13H8F3NO4/c14-13(15,16)21-9-5-3-8(4-6-9)17-7-1-2-10(11(17)18)12(19)20/h1-7H,(H,19,20). The lowest BCUT2D eigenvalue weighted by Crippen LogP contribution is -2.24. The number of carboxylic acids is 1. The van der Waals surface area contributed by atoms with E-state index in [2.05, 4.69) is 4.74 Å². The molecule has 0 aliphatic heterocycles. The maximum atomic E-state index is 12.0. The van der Waals surface area contributed by atoms with Gasteiger partial charge < -0.3 is 9.84 Å². The van der Waals surface area contributed by atoms with E-state index in [1.165, 1.54) is 24.4 Å². The van der Waals surface area contributed by atoms with Gasteiger partial charge in [0, 0.05) is 11.9 Å². The minimum atomic E-state index is -4.80. The monoisotopic (exact) mass is 299 g/mol. The summed E-state index contributed by atoms with van der Waals surface area (Å²) in [5, 5.41) is 8.85. The number of nitrogens with zero attached hydrogens (tertiary/aromatic N) is 1. The van der Waals surface area contributed by atoms with Gasteiger partial charge in [-0.05, 0) is 36.4 Å². The van der Waals surface area contributed by atoms with Crippen LogP contribution in [0.1, 0.15) is 10.4 Å². The first-order valence-electron chi connectivity index (χ1n) is 5.59. The summed E-state index contributed by atoms with van der Waals surface area (Å²) in [7, 11) is 0. The number of aromatic carboxylic acids is 1. The molecule has 1 aromatic carbocycles. The molecule has 0 fully saturated rings. The Balaban J connectivity index is 2.38. The molecule has 1 N–H and O–H groups in total. The Kier molecular flexibility index (Phi) is 3.70. The quantitative estimate of drug-likeness (QED) is 0.945. The van der Waals surface area contributed by atoms with E-state index in [1.807, 2.05) is 0 Å². The molecule has 1 aromatic heterocycles. The molecular weight excluding hydrogens is 291 g/mol. The fourth-order valence-corrected chi connectivity index (χ4v) is 1.67. The zero-order chi connectivity index (χ0) is 15.6. The Morgan fingerprint density at radius 1 is 1.14 bits per heavy atom. The fraction of sp³-hybridized carbons (Fsp3) is 0.0769. The summed E-state index contributed by atoms with van der Waals surface area (Å²) in [6.45, 7) is 0. The van der Waals surface area contributed by atoms with Gasteiger partial charge in [-0.1, -0.05) is 0 Å². The number of benzene rings is 1. The molecule has 0 amide bonds. The third-order valence-corrected chi connectivity index (χ3v) is 2.53. The predicted molar refractivity (Wildman–Crippen MR) is 65.7 cm³/mol. The zero-order valence-electron chi connectivity index (χ0n) is 10.3. The zero-order valence-corrected chi connectivity index (χ0v) is 10.3. The predicted octanol–water partition coefficient (Wildman–Crippen LogP) is 2.43. The molecule has 2 rings (SSSR count). The number of carbonyl (C=O) groups is 1. The third kappa shape index (κ3) is 3.41. The highest BCUT2D eigenvalue weighted by atomic mass is 19.4. The molecule has 2 aromatic rings. The second-order valence-corrected chi connectivity index (χ2v) is 3.94. The number of aromatic nitrogens is 1. The van der Waals surface area contributed by atoms with Gasteiger partial charge in [-0.15, -0.1) is 13.2 Å². The molecule has 0 radical (unpaired) electrons. The number of hydrogen-bond donors (Lipinski definition) is 1. The lowest BCUT2D eigenvalue weighted by atomic mass is 10.2. The molecule has 1 heterocycles. The van der Waals surface area contributed by atoms with E-state index < -0.39 is 29.2 Å². The van der Waals surface area contributed by atoms with Crippen molar-refractivity contribution in [3.8, 4) is 11.4 Å². The molecule has 0 saturated heterocycles. The largest absolute Gasteiger partial charge is 0.573 e. The van der Waals surface area contributed by atoms with E-state index >= 15 is 0 Å². The number of carboxylic acid groups (broad SMARTS) is 1. The Bertz CT molecular complexity index is 719. The number of halogens is 3. The minimum Gasteiger partial charge on any atom is -0.477 e. The average molecular weight is 299 g/mol. The summed E-state index contributed by atoms with van der Waals surface area (Å²) in [5.74, 6) is -1.82. The number of hydrogen-bond acceptors (Lipinski definition) is 3. The summed E-state index contributed by atoms with van der Waals surface area (Å²) < 4.78 is 40.8. The van der Waals surface area contributed by atoms with Crippen molar-refractivity contribution in [2.75, 3.05) is 0 Å². The Labute approximate surface area is 115 Å². The maximum Gasteiger partial charge on any atom is 0.573 e. The first-order chi connectivity index (χ1) is 9.78. The van der Waals surface area contributed by atoms with Gasteiger partial charge in [0.2, 0.25) is 0 Å². The van der Waals surface area contributed by atoms with Crippen molar-refractivity contribution >= 4 is 5.97 Å². The summed E-state index contributed by atoms with van der Waals surface area (Å²) in [6.07, 6.45) is -3.49. The highest BCUT2D eigenvalue weighted by Crippen LogP contribution is 2.23. The normalized spacial score (nSPS) is 11.2. The van der Waals surface area contributed by atoms with Crippen LogP contribution in [0.3, 0.4) is 0 Å².